The van der Waals surface area contributed by atoms with Gasteiger partial charge in [-0.05, 0) is 36.1 Å². The number of amides is 3. The van der Waals surface area contributed by atoms with Crippen LogP contribution in [0.4, 0.5) is 10.5 Å². The standard InChI is InChI=1S/C21H28N4O2/c1-14(2)16-9-11-17(12-10-16)19(22)13-23-20(26)15(3)24-21(27)25-18-7-5-4-6-8-18/h4-12,14-15,19H,13,22H2,1-3H3,(H,23,26)(H2,24,25,27). The predicted octanol–water partition coefficient (Wildman–Crippen LogP) is 3.14. The summed E-state index contributed by atoms with van der Waals surface area (Å²) in [6, 6.07) is 15.7. The smallest absolute Gasteiger partial charge is 0.319 e. The summed E-state index contributed by atoms with van der Waals surface area (Å²) in [6.45, 7) is 6.20. The fourth-order valence-electron chi connectivity index (χ4n) is 2.56. The quantitative estimate of drug-likeness (QED) is 0.604. The molecule has 0 saturated heterocycles. The maximum atomic E-state index is 12.2. The first kappa shape index (κ1) is 20.5. The number of hydrogen-bond acceptors (Lipinski definition) is 3. The highest BCUT2D eigenvalue weighted by atomic mass is 16.2. The first-order valence-electron chi connectivity index (χ1n) is 9.12. The number of hydrogen-bond donors (Lipinski definition) is 4. The number of anilines is 1. The summed E-state index contributed by atoms with van der Waals surface area (Å²) in [5.74, 6) is 0.177. The third kappa shape index (κ3) is 6.42. The van der Waals surface area contributed by atoms with Crippen LogP contribution in [0.15, 0.2) is 54.6 Å². The van der Waals surface area contributed by atoms with E-state index in [0.717, 1.165) is 5.56 Å². The zero-order valence-corrected chi connectivity index (χ0v) is 16.0. The Hall–Kier alpha value is -2.86. The number of para-hydroxylation sites is 1. The van der Waals surface area contributed by atoms with Gasteiger partial charge in [0.1, 0.15) is 6.04 Å². The van der Waals surface area contributed by atoms with Gasteiger partial charge in [0, 0.05) is 18.3 Å². The molecule has 0 heterocycles. The average Bonchev–Trinajstić information content (AvgIpc) is 2.66. The zero-order valence-electron chi connectivity index (χ0n) is 16.0. The van der Waals surface area contributed by atoms with Gasteiger partial charge < -0.3 is 21.7 Å². The fraction of sp³-hybridized carbons (Fsp3) is 0.333. The predicted molar refractivity (Wildman–Crippen MR) is 109 cm³/mol. The van der Waals surface area contributed by atoms with Gasteiger partial charge in [0.15, 0.2) is 0 Å². The van der Waals surface area contributed by atoms with Crippen molar-refractivity contribution in [1.29, 1.82) is 0 Å². The van der Waals surface area contributed by atoms with E-state index in [-0.39, 0.29) is 11.9 Å². The van der Waals surface area contributed by atoms with Gasteiger partial charge in [0.05, 0.1) is 0 Å². The molecule has 144 valence electrons. The highest BCUT2D eigenvalue weighted by molar-refractivity contribution is 5.93. The van der Waals surface area contributed by atoms with E-state index in [4.69, 9.17) is 5.73 Å². The Morgan fingerprint density at radius 3 is 2.11 bits per heavy atom. The molecular formula is C21H28N4O2. The second-order valence-corrected chi connectivity index (χ2v) is 6.86. The SMILES string of the molecule is CC(NC(=O)Nc1ccccc1)C(=O)NCC(N)c1ccc(C(C)C)cc1. The van der Waals surface area contributed by atoms with Crippen molar-refractivity contribution in [3.8, 4) is 0 Å². The van der Waals surface area contributed by atoms with Crippen LogP contribution in [0.5, 0.6) is 0 Å². The number of benzene rings is 2. The molecular weight excluding hydrogens is 340 g/mol. The van der Waals surface area contributed by atoms with Crippen LogP contribution in [0.1, 0.15) is 43.9 Å². The molecule has 0 aromatic heterocycles. The minimum atomic E-state index is -0.677. The maximum Gasteiger partial charge on any atom is 0.319 e. The van der Waals surface area contributed by atoms with Crippen molar-refractivity contribution in [2.24, 2.45) is 5.73 Å². The van der Waals surface area contributed by atoms with Gasteiger partial charge in [-0.25, -0.2) is 4.79 Å². The minimum Gasteiger partial charge on any atom is -0.352 e. The summed E-state index contributed by atoms with van der Waals surface area (Å²) in [7, 11) is 0. The highest BCUT2D eigenvalue weighted by Crippen LogP contribution is 2.17. The molecule has 0 radical (unpaired) electrons. The molecule has 0 fully saturated rings. The lowest BCUT2D eigenvalue weighted by molar-refractivity contribution is -0.122. The molecule has 0 aliphatic rings. The lowest BCUT2D eigenvalue weighted by atomic mass is 9.99. The Balaban J connectivity index is 1.79. The first-order valence-corrected chi connectivity index (χ1v) is 9.12. The molecule has 6 nitrogen and oxygen atoms in total. The van der Waals surface area contributed by atoms with Crippen LogP contribution < -0.4 is 21.7 Å². The normalized spacial score (nSPS) is 12.9. The first-order chi connectivity index (χ1) is 12.9. The summed E-state index contributed by atoms with van der Waals surface area (Å²) < 4.78 is 0. The van der Waals surface area contributed by atoms with E-state index in [1.807, 2.05) is 30.3 Å². The lowest BCUT2D eigenvalue weighted by Crippen LogP contribution is -2.47. The second-order valence-electron chi connectivity index (χ2n) is 6.86. The number of nitrogens with two attached hydrogens (primary N) is 1. The van der Waals surface area contributed by atoms with Crippen molar-refractivity contribution < 1.29 is 9.59 Å². The molecule has 2 unspecified atom stereocenters. The van der Waals surface area contributed by atoms with E-state index in [0.29, 0.717) is 18.2 Å². The van der Waals surface area contributed by atoms with Gasteiger partial charge in [0.2, 0.25) is 5.91 Å². The zero-order chi connectivity index (χ0) is 19.8. The summed E-state index contributed by atoms with van der Waals surface area (Å²) in [5.41, 5.74) is 9.03. The van der Waals surface area contributed by atoms with E-state index >= 15 is 0 Å². The molecule has 2 atom stereocenters. The lowest BCUT2D eigenvalue weighted by Gasteiger charge is -2.18. The van der Waals surface area contributed by atoms with Crippen molar-refractivity contribution in [1.82, 2.24) is 10.6 Å². The van der Waals surface area contributed by atoms with Gasteiger partial charge in [0.25, 0.3) is 0 Å². The molecule has 6 heteroatoms. The van der Waals surface area contributed by atoms with Crippen LogP contribution in [0.2, 0.25) is 0 Å². The Kier molecular flexibility index (Phi) is 7.37. The number of nitrogens with one attached hydrogen (secondary N) is 3. The minimum absolute atomic E-state index is 0.285. The van der Waals surface area contributed by atoms with Crippen molar-refractivity contribution >= 4 is 17.6 Å². The van der Waals surface area contributed by atoms with E-state index in [1.165, 1.54) is 5.56 Å². The molecule has 0 saturated carbocycles. The van der Waals surface area contributed by atoms with E-state index in [1.54, 1.807) is 19.1 Å². The third-order valence-corrected chi connectivity index (χ3v) is 4.30. The van der Waals surface area contributed by atoms with Crippen LogP contribution in [0.25, 0.3) is 0 Å². The van der Waals surface area contributed by atoms with Crippen LogP contribution in [0, 0.1) is 0 Å². The van der Waals surface area contributed by atoms with Crippen LogP contribution >= 0.6 is 0 Å². The molecule has 2 aromatic carbocycles. The third-order valence-electron chi connectivity index (χ3n) is 4.30. The molecule has 2 aromatic rings. The number of rotatable bonds is 7. The molecule has 0 aliphatic heterocycles. The topological polar surface area (TPSA) is 96.2 Å². The highest BCUT2D eigenvalue weighted by Gasteiger charge is 2.16. The van der Waals surface area contributed by atoms with Gasteiger partial charge >= 0.3 is 6.03 Å². The fourth-order valence-corrected chi connectivity index (χ4v) is 2.56. The second kappa shape index (κ2) is 9.73. The van der Waals surface area contributed by atoms with Crippen molar-refractivity contribution in [2.45, 2.75) is 38.8 Å². The van der Waals surface area contributed by atoms with Crippen LogP contribution in [-0.2, 0) is 4.79 Å². The van der Waals surface area contributed by atoms with Crippen LogP contribution in [-0.4, -0.2) is 24.5 Å². The monoisotopic (exact) mass is 368 g/mol. The van der Waals surface area contributed by atoms with Gasteiger partial charge in [-0.3, -0.25) is 4.79 Å². The average molecular weight is 368 g/mol. The Labute approximate surface area is 160 Å². The molecule has 0 bridgehead atoms. The Bertz CT molecular complexity index is 745. The summed E-state index contributed by atoms with van der Waals surface area (Å²) in [5, 5.41) is 8.07. The summed E-state index contributed by atoms with van der Waals surface area (Å²) in [6.07, 6.45) is 0. The number of urea groups is 1. The Morgan fingerprint density at radius 2 is 1.52 bits per heavy atom. The molecule has 3 amide bonds. The molecule has 2 rings (SSSR count). The maximum absolute atomic E-state index is 12.2. The van der Waals surface area contributed by atoms with Gasteiger partial charge in [-0.2, -0.15) is 0 Å². The van der Waals surface area contributed by atoms with E-state index < -0.39 is 12.1 Å². The van der Waals surface area contributed by atoms with E-state index in [2.05, 4.69) is 41.9 Å². The molecule has 5 N–H and O–H groups in total. The number of carbonyl (C=O) groups is 2. The van der Waals surface area contributed by atoms with Crippen molar-refractivity contribution in [3.63, 3.8) is 0 Å². The van der Waals surface area contributed by atoms with Gasteiger partial charge in [-0.15, -0.1) is 0 Å². The Morgan fingerprint density at radius 1 is 0.926 bits per heavy atom. The van der Waals surface area contributed by atoms with E-state index in [9.17, 15) is 9.59 Å². The largest absolute Gasteiger partial charge is 0.352 e. The summed E-state index contributed by atoms with van der Waals surface area (Å²) >= 11 is 0. The van der Waals surface area contributed by atoms with Crippen LogP contribution in [0.3, 0.4) is 0 Å². The van der Waals surface area contributed by atoms with Gasteiger partial charge in [-0.1, -0.05) is 56.3 Å². The molecule has 27 heavy (non-hydrogen) atoms. The molecule has 0 aliphatic carbocycles. The number of carbonyl (C=O) groups excluding carboxylic acids is 2. The van der Waals surface area contributed by atoms with Crippen molar-refractivity contribution in [3.05, 3.63) is 65.7 Å². The summed E-state index contributed by atoms with van der Waals surface area (Å²) in [4.78, 5) is 24.1. The van der Waals surface area contributed by atoms with Crippen molar-refractivity contribution in [2.75, 3.05) is 11.9 Å². The molecule has 0 spiro atoms.